The first-order chi connectivity index (χ1) is 3.91. The number of hydrogen-bond acceptors (Lipinski definition) is 2. The van der Waals surface area contributed by atoms with Crippen LogP contribution in [0.2, 0.25) is 0 Å². The van der Waals surface area contributed by atoms with Gasteiger partial charge in [0.1, 0.15) is 0 Å². The molecule has 0 aromatic carbocycles. The van der Waals surface area contributed by atoms with Gasteiger partial charge in [-0.3, -0.25) is 0 Å². The molecule has 0 aliphatic rings. The Kier molecular flexibility index (Phi) is 464. The van der Waals surface area contributed by atoms with E-state index >= 15 is 0 Å². The molecule has 0 fully saturated rings. The molecular formula is C7H20ClO2Ti. The zero-order chi connectivity index (χ0) is 7.41. The van der Waals surface area contributed by atoms with Gasteiger partial charge in [0.2, 0.25) is 0 Å². The van der Waals surface area contributed by atoms with Gasteiger partial charge in [-0.25, -0.2) is 0 Å². The van der Waals surface area contributed by atoms with Gasteiger partial charge in [-0.1, -0.05) is 0 Å². The molecule has 1 radical (unpaired) electrons. The van der Waals surface area contributed by atoms with Crippen molar-refractivity contribution in [2.45, 2.75) is 6.42 Å². The van der Waals surface area contributed by atoms with Crippen LogP contribution < -0.4 is 0 Å². The third kappa shape index (κ3) is 235. The minimum absolute atomic E-state index is 0. The van der Waals surface area contributed by atoms with Crippen molar-refractivity contribution in [2.75, 3.05) is 20.1 Å². The molecule has 0 amide bonds. The smallest absolute Gasteiger partial charge is 0.400 e. The van der Waals surface area contributed by atoms with Crippen molar-refractivity contribution in [1.82, 2.24) is 0 Å². The Morgan fingerprint density at radius 2 is 1.18 bits per heavy atom. The molecule has 0 saturated carbocycles. The van der Waals surface area contributed by atoms with E-state index in [0.717, 1.165) is 20.6 Å². The molecule has 0 aromatic heterocycles. The molecule has 2 nitrogen and oxygen atoms in total. The van der Waals surface area contributed by atoms with E-state index in [2.05, 4.69) is 6.92 Å². The molecular weight excluding hydrogens is 199 g/mol. The molecule has 2 N–H and O–H groups in total. The van der Waals surface area contributed by atoms with Gasteiger partial charge in [0.15, 0.2) is 0 Å². The zero-order valence-electron chi connectivity index (χ0n) is 7.89. The fourth-order valence-corrected chi connectivity index (χ4v) is 0. The summed E-state index contributed by atoms with van der Waals surface area (Å²) in [5, 5.41) is 14.0. The van der Waals surface area contributed by atoms with Crippen LogP contribution in [0.3, 0.4) is 0 Å². The van der Waals surface area contributed by atoms with Crippen LogP contribution in [0, 0.1) is 21.8 Å². The molecule has 4 heteroatoms. The molecule has 0 spiro atoms. The Morgan fingerprint density at radius 1 is 1.09 bits per heavy atom. The Morgan fingerprint density at radius 3 is 1.18 bits per heavy atom. The molecule has 0 aromatic rings. The van der Waals surface area contributed by atoms with E-state index in [1.165, 1.54) is 0 Å². The molecule has 0 aliphatic heterocycles. The molecule has 11 heavy (non-hydrogen) atoms. The normalized spacial score (nSPS) is 3.82. The second kappa shape index (κ2) is 126. The Labute approximate surface area is 91.9 Å². The summed E-state index contributed by atoms with van der Waals surface area (Å²) in [6, 6.07) is 0. The maximum atomic E-state index is 7.00. The van der Waals surface area contributed by atoms with Gasteiger partial charge < -0.3 is 32.0 Å². The second-order valence-corrected chi connectivity index (χ2v) is 0.921. The van der Waals surface area contributed by atoms with Crippen molar-refractivity contribution in [3.05, 3.63) is 21.8 Å². The van der Waals surface area contributed by atoms with Gasteiger partial charge >= 0.3 is 21.7 Å². The van der Waals surface area contributed by atoms with Crippen molar-refractivity contribution in [1.29, 1.82) is 0 Å². The minimum Gasteiger partial charge on any atom is -0.400 e. The summed E-state index contributed by atoms with van der Waals surface area (Å²) in [4.78, 5) is 0. The number of aliphatic hydroxyl groups excluding tert-OH is 2. The van der Waals surface area contributed by atoms with Crippen molar-refractivity contribution in [3.8, 4) is 0 Å². The quantitative estimate of drug-likeness (QED) is 0.399. The van der Waals surface area contributed by atoms with Crippen molar-refractivity contribution in [3.63, 3.8) is 0 Å². The summed E-state index contributed by atoms with van der Waals surface area (Å²) in [6.07, 6.45) is 0.835. The predicted octanol–water partition coefficient (Wildman–Crippen LogP) is 1.56. The number of halogens is 1. The van der Waals surface area contributed by atoms with E-state index in [-0.39, 0.29) is 36.6 Å². The Balaban J connectivity index is -0.00000000813. The first-order valence-corrected chi connectivity index (χ1v) is 2.70. The number of aliphatic hydroxyl groups is 2. The molecule has 0 bridgehead atoms. The standard InChI is InChI=1S/C3H6Cl.2CH4O.2CH3.Ti/c1-2-3-4;2*1-2;;;/h1-3H2;2*2H,1H3;2*1H3;/q-1;;;2*-1;+3. The third-order valence-corrected chi connectivity index (χ3v) is 0.401. The van der Waals surface area contributed by atoms with Gasteiger partial charge in [-0.2, -0.15) is 6.42 Å². The van der Waals surface area contributed by atoms with Gasteiger partial charge in [-0.15, -0.1) is 11.6 Å². The summed E-state index contributed by atoms with van der Waals surface area (Å²) >= 11 is 5.12. The van der Waals surface area contributed by atoms with E-state index in [1.54, 1.807) is 0 Å². The van der Waals surface area contributed by atoms with Crippen molar-refractivity contribution < 1.29 is 31.9 Å². The average molecular weight is 220 g/mol. The van der Waals surface area contributed by atoms with E-state index in [4.69, 9.17) is 21.8 Å². The number of rotatable bonds is 1. The predicted molar refractivity (Wildman–Crippen MR) is 49.8 cm³/mol. The summed E-state index contributed by atoms with van der Waals surface area (Å²) in [5.41, 5.74) is 0. The molecule has 0 rings (SSSR count). The summed E-state index contributed by atoms with van der Waals surface area (Å²) in [6.45, 7) is 3.47. The van der Waals surface area contributed by atoms with Crippen LogP contribution in [0.1, 0.15) is 6.42 Å². The van der Waals surface area contributed by atoms with Crippen LogP contribution in [0.4, 0.5) is 0 Å². The van der Waals surface area contributed by atoms with Crippen LogP contribution in [0.25, 0.3) is 0 Å². The third-order valence-electron chi connectivity index (χ3n) is 0.134. The molecule has 0 heterocycles. The van der Waals surface area contributed by atoms with Crippen LogP contribution in [0.15, 0.2) is 0 Å². The molecule has 0 saturated heterocycles. The monoisotopic (exact) mass is 219 g/mol. The largest absolute Gasteiger partial charge is 3.00 e. The Bertz CT molecular complexity index is 18.4. The first-order valence-electron chi connectivity index (χ1n) is 2.16. The molecule has 0 aliphatic carbocycles. The molecule has 71 valence electrons. The van der Waals surface area contributed by atoms with Crippen LogP contribution in [-0.2, 0) is 21.7 Å². The fourth-order valence-electron chi connectivity index (χ4n) is 0. The second-order valence-electron chi connectivity index (χ2n) is 0.543. The van der Waals surface area contributed by atoms with Crippen LogP contribution in [0.5, 0.6) is 0 Å². The molecule has 0 atom stereocenters. The van der Waals surface area contributed by atoms with E-state index < -0.39 is 0 Å². The van der Waals surface area contributed by atoms with E-state index in [9.17, 15) is 0 Å². The summed E-state index contributed by atoms with van der Waals surface area (Å²) < 4.78 is 0. The zero-order valence-corrected chi connectivity index (χ0v) is 10.2. The summed E-state index contributed by atoms with van der Waals surface area (Å²) in [7, 11) is 2.00. The van der Waals surface area contributed by atoms with Gasteiger partial charge in [0, 0.05) is 14.2 Å². The SMILES string of the molecule is CO.CO.[CH2-]CCCl.[CH3-].[CH3-].[Ti+3]. The Hall–Kier alpha value is 0.924. The number of hydrogen-bond donors (Lipinski definition) is 2. The first kappa shape index (κ1) is 40.5. The van der Waals surface area contributed by atoms with E-state index in [1.807, 2.05) is 0 Å². The topological polar surface area (TPSA) is 40.5 Å². The van der Waals surface area contributed by atoms with Crippen molar-refractivity contribution in [2.24, 2.45) is 0 Å². The van der Waals surface area contributed by atoms with E-state index in [0.29, 0.717) is 5.88 Å². The van der Waals surface area contributed by atoms with Gasteiger partial charge in [0.25, 0.3) is 0 Å². The van der Waals surface area contributed by atoms with Gasteiger partial charge in [0.05, 0.1) is 0 Å². The van der Waals surface area contributed by atoms with Crippen LogP contribution in [-0.4, -0.2) is 30.3 Å². The average Bonchev–Trinajstić information content (AvgIpc) is 1.96. The number of alkyl halides is 1. The van der Waals surface area contributed by atoms with Crippen LogP contribution >= 0.6 is 11.6 Å². The fraction of sp³-hybridized carbons (Fsp3) is 0.571. The summed E-state index contributed by atoms with van der Waals surface area (Å²) in [5.74, 6) is 0.681. The van der Waals surface area contributed by atoms with Crippen molar-refractivity contribution >= 4 is 11.6 Å². The van der Waals surface area contributed by atoms with Gasteiger partial charge in [-0.05, 0) is 5.88 Å². The maximum absolute atomic E-state index is 7.00. The minimum atomic E-state index is 0. The molecule has 0 unspecified atom stereocenters. The maximum Gasteiger partial charge on any atom is 3.00 e.